The molecule has 1 heterocycles. The molecule has 0 unspecified atom stereocenters. The van der Waals surface area contributed by atoms with E-state index in [0.29, 0.717) is 11.1 Å². The predicted octanol–water partition coefficient (Wildman–Crippen LogP) is 3.68. The van der Waals surface area contributed by atoms with E-state index in [-0.39, 0.29) is 0 Å². The second-order valence-corrected chi connectivity index (χ2v) is 4.88. The molecule has 1 aromatic carbocycles. The molecule has 0 bridgehead atoms. The first kappa shape index (κ1) is 10.5. The Morgan fingerprint density at radius 2 is 2.07 bits per heavy atom. The molecule has 0 aliphatic heterocycles. The zero-order chi connectivity index (χ0) is 10.7. The highest BCUT2D eigenvalue weighted by molar-refractivity contribution is 7.15. The molecule has 0 saturated heterocycles. The minimum Gasteiger partial charge on any atom is -0.488 e. The van der Waals surface area contributed by atoms with Gasteiger partial charge in [0.05, 0.1) is 4.88 Å². The number of halogens is 1. The lowest BCUT2D eigenvalue weighted by atomic mass is 10.2. The molecule has 1 aromatic heterocycles. The van der Waals surface area contributed by atoms with E-state index in [4.69, 9.17) is 16.3 Å². The Morgan fingerprint density at radius 1 is 1.33 bits per heavy atom. The fraction of sp³-hybridized carbons (Fsp3) is 0.182. The van der Waals surface area contributed by atoms with Crippen LogP contribution < -0.4 is 4.74 Å². The molecule has 0 aliphatic rings. The van der Waals surface area contributed by atoms with Gasteiger partial charge in [-0.25, -0.2) is 4.98 Å². The van der Waals surface area contributed by atoms with E-state index in [1.54, 1.807) is 6.20 Å². The second-order valence-electron chi connectivity index (χ2n) is 3.18. The molecule has 0 aliphatic carbocycles. The summed E-state index contributed by atoms with van der Waals surface area (Å²) in [6.07, 6.45) is 1.74. The smallest absolute Gasteiger partial charge is 0.183 e. The lowest BCUT2D eigenvalue weighted by Gasteiger charge is -2.03. The van der Waals surface area contributed by atoms with Crippen molar-refractivity contribution in [2.24, 2.45) is 0 Å². The summed E-state index contributed by atoms with van der Waals surface area (Å²) in [6, 6.07) is 7.96. The minimum atomic E-state index is 0.521. The van der Waals surface area contributed by atoms with Gasteiger partial charge in [-0.15, -0.1) is 11.3 Å². The summed E-state index contributed by atoms with van der Waals surface area (Å²) in [5, 5.41) is 0. The maximum Gasteiger partial charge on any atom is 0.183 e. The van der Waals surface area contributed by atoms with Gasteiger partial charge in [-0.05, 0) is 19.1 Å². The van der Waals surface area contributed by atoms with Crippen LogP contribution in [-0.4, -0.2) is 4.98 Å². The molecule has 0 amide bonds. The van der Waals surface area contributed by atoms with Crippen LogP contribution in [0, 0.1) is 6.92 Å². The van der Waals surface area contributed by atoms with Crippen LogP contribution >= 0.6 is 22.9 Å². The van der Waals surface area contributed by atoms with E-state index in [2.05, 4.69) is 4.98 Å². The van der Waals surface area contributed by atoms with Crippen LogP contribution in [-0.2, 0) is 6.61 Å². The molecule has 0 spiro atoms. The Labute approximate surface area is 97.5 Å². The van der Waals surface area contributed by atoms with Crippen molar-refractivity contribution in [2.75, 3.05) is 0 Å². The first-order valence-electron chi connectivity index (χ1n) is 4.54. The first-order valence-corrected chi connectivity index (χ1v) is 5.73. The van der Waals surface area contributed by atoms with E-state index < -0.39 is 0 Å². The second kappa shape index (κ2) is 4.64. The lowest BCUT2D eigenvalue weighted by molar-refractivity contribution is 0.309. The van der Waals surface area contributed by atoms with Crippen molar-refractivity contribution in [1.82, 2.24) is 4.98 Å². The van der Waals surface area contributed by atoms with E-state index >= 15 is 0 Å². The standard InChI is InChI=1S/C11H10ClNOS/c1-8-2-4-9(5-3-8)14-7-10-6-13-11(12)15-10/h2-6H,7H2,1H3. The summed E-state index contributed by atoms with van der Waals surface area (Å²) >= 11 is 7.15. The van der Waals surface area contributed by atoms with Gasteiger partial charge in [0.1, 0.15) is 12.4 Å². The van der Waals surface area contributed by atoms with Gasteiger partial charge in [0.25, 0.3) is 0 Å². The molecule has 2 rings (SSSR count). The zero-order valence-corrected chi connectivity index (χ0v) is 9.81. The molecule has 0 fully saturated rings. The van der Waals surface area contributed by atoms with Crippen LogP contribution in [0.15, 0.2) is 30.5 Å². The third-order valence-corrected chi connectivity index (χ3v) is 3.02. The average molecular weight is 240 g/mol. The number of hydrogen-bond acceptors (Lipinski definition) is 3. The monoisotopic (exact) mass is 239 g/mol. The van der Waals surface area contributed by atoms with Gasteiger partial charge in [-0.1, -0.05) is 29.3 Å². The normalized spacial score (nSPS) is 10.3. The van der Waals surface area contributed by atoms with E-state index in [0.717, 1.165) is 10.6 Å². The van der Waals surface area contributed by atoms with E-state index in [9.17, 15) is 0 Å². The van der Waals surface area contributed by atoms with Gasteiger partial charge in [-0.3, -0.25) is 0 Å². The molecule has 0 radical (unpaired) electrons. The summed E-state index contributed by atoms with van der Waals surface area (Å²) in [4.78, 5) is 4.98. The predicted molar refractivity (Wildman–Crippen MR) is 62.6 cm³/mol. The largest absolute Gasteiger partial charge is 0.488 e. The van der Waals surface area contributed by atoms with Crippen LogP contribution in [0.25, 0.3) is 0 Å². The van der Waals surface area contributed by atoms with Crippen LogP contribution in [0.5, 0.6) is 5.75 Å². The van der Waals surface area contributed by atoms with Gasteiger partial charge in [0.15, 0.2) is 4.47 Å². The summed E-state index contributed by atoms with van der Waals surface area (Å²) in [7, 11) is 0. The van der Waals surface area contributed by atoms with Gasteiger partial charge in [-0.2, -0.15) is 0 Å². The van der Waals surface area contributed by atoms with Crippen molar-refractivity contribution >= 4 is 22.9 Å². The van der Waals surface area contributed by atoms with E-state index in [1.165, 1.54) is 16.9 Å². The maximum absolute atomic E-state index is 5.71. The Morgan fingerprint density at radius 3 is 2.67 bits per heavy atom. The number of thiazole rings is 1. The number of nitrogens with zero attached hydrogens (tertiary/aromatic N) is 1. The number of rotatable bonds is 3. The minimum absolute atomic E-state index is 0.521. The fourth-order valence-electron chi connectivity index (χ4n) is 1.14. The SMILES string of the molecule is Cc1ccc(OCc2cnc(Cl)s2)cc1. The van der Waals surface area contributed by atoms with E-state index in [1.807, 2.05) is 31.2 Å². The number of benzene rings is 1. The van der Waals surface area contributed by atoms with Crippen molar-refractivity contribution < 1.29 is 4.74 Å². The van der Waals surface area contributed by atoms with Gasteiger partial charge in [0.2, 0.25) is 0 Å². The molecule has 78 valence electrons. The van der Waals surface area contributed by atoms with Gasteiger partial charge >= 0.3 is 0 Å². The van der Waals surface area contributed by atoms with Gasteiger partial charge in [0, 0.05) is 6.20 Å². The van der Waals surface area contributed by atoms with Crippen molar-refractivity contribution in [2.45, 2.75) is 13.5 Å². The molecule has 0 atom stereocenters. The van der Waals surface area contributed by atoms with Crippen LogP contribution in [0.4, 0.5) is 0 Å². The Bertz CT molecular complexity index is 438. The van der Waals surface area contributed by atoms with Crippen LogP contribution in [0.2, 0.25) is 4.47 Å². The third kappa shape index (κ3) is 2.94. The molecule has 2 nitrogen and oxygen atoms in total. The first-order chi connectivity index (χ1) is 7.24. The molecule has 2 aromatic rings. The Kier molecular flexibility index (Phi) is 3.23. The lowest BCUT2D eigenvalue weighted by Crippen LogP contribution is -1.92. The van der Waals surface area contributed by atoms with Crippen molar-refractivity contribution in [1.29, 1.82) is 0 Å². The zero-order valence-electron chi connectivity index (χ0n) is 8.24. The summed E-state index contributed by atoms with van der Waals surface area (Å²) in [5.41, 5.74) is 1.23. The summed E-state index contributed by atoms with van der Waals surface area (Å²) in [6.45, 7) is 2.57. The quantitative estimate of drug-likeness (QED) is 0.815. The highest BCUT2D eigenvalue weighted by Crippen LogP contribution is 2.20. The Hall–Kier alpha value is -1.06. The van der Waals surface area contributed by atoms with Crippen LogP contribution in [0.3, 0.4) is 0 Å². The average Bonchev–Trinajstić information content (AvgIpc) is 2.64. The van der Waals surface area contributed by atoms with Gasteiger partial charge < -0.3 is 4.74 Å². The van der Waals surface area contributed by atoms with Crippen molar-refractivity contribution in [3.8, 4) is 5.75 Å². The Balaban J connectivity index is 1.96. The van der Waals surface area contributed by atoms with Crippen molar-refractivity contribution in [3.05, 3.63) is 45.4 Å². The molecular formula is C11H10ClNOS. The third-order valence-electron chi connectivity index (χ3n) is 1.93. The molecule has 4 heteroatoms. The van der Waals surface area contributed by atoms with Crippen molar-refractivity contribution in [3.63, 3.8) is 0 Å². The molecule has 0 saturated carbocycles. The molecule has 15 heavy (non-hydrogen) atoms. The molecule has 0 N–H and O–H groups in total. The van der Waals surface area contributed by atoms with Crippen LogP contribution in [0.1, 0.15) is 10.4 Å². The number of aromatic nitrogens is 1. The molecular weight excluding hydrogens is 230 g/mol. The highest BCUT2D eigenvalue weighted by Gasteiger charge is 2.00. The number of aryl methyl sites for hydroxylation is 1. The number of ether oxygens (including phenoxy) is 1. The summed E-state index contributed by atoms with van der Waals surface area (Å²) in [5.74, 6) is 0.866. The summed E-state index contributed by atoms with van der Waals surface area (Å²) < 4.78 is 6.13. The maximum atomic E-state index is 5.71. The topological polar surface area (TPSA) is 22.1 Å². The number of hydrogen-bond donors (Lipinski definition) is 0. The fourth-order valence-corrected chi connectivity index (χ4v) is 2.03. The highest BCUT2D eigenvalue weighted by atomic mass is 35.5.